The molecule has 20 heavy (non-hydrogen) atoms. The lowest BCUT2D eigenvalue weighted by molar-refractivity contribution is -0.130. The van der Waals surface area contributed by atoms with E-state index in [4.69, 9.17) is 0 Å². The Morgan fingerprint density at radius 1 is 1.50 bits per heavy atom. The first-order valence-electron chi connectivity index (χ1n) is 7.23. The molecule has 3 rings (SSSR count). The Kier molecular flexibility index (Phi) is 2.96. The number of hydrogen-bond acceptors (Lipinski definition) is 3. The maximum absolute atomic E-state index is 12.3. The molecule has 1 amide bonds. The molecule has 5 heteroatoms. The molecule has 0 bridgehead atoms. The molecule has 108 valence electrons. The first kappa shape index (κ1) is 13.3. The van der Waals surface area contributed by atoms with Gasteiger partial charge in [0.05, 0.1) is 0 Å². The van der Waals surface area contributed by atoms with Crippen molar-refractivity contribution in [1.82, 2.24) is 14.9 Å². The van der Waals surface area contributed by atoms with E-state index in [0.717, 1.165) is 36.0 Å². The highest BCUT2D eigenvalue weighted by Crippen LogP contribution is 2.57. The third-order valence-electron chi connectivity index (χ3n) is 4.93. The van der Waals surface area contributed by atoms with Crippen molar-refractivity contribution in [2.24, 2.45) is 11.3 Å². The SMILES string of the molecule is Cc1nc(=O)[nH]c(C)c1CCC(=O)N1CC2CC2(C)C1. The van der Waals surface area contributed by atoms with E-state index in [1.807, 2.05) is 18.7 Å². The molecule has 1 aromatic heterocycles. The van der Waals surface area contributed by atoms with Crippen molar-refractivity contribution in [2.45, 2.75) is 40.0 Å². The number of nitrogens with zero attached hydrogens (tertiary/aromatic N) is 2. The number of aromatic amines is 1. The fourth-order valence-electron chi connectivity index (χ4n) is 3.45. The summed E-state index contributed by atoms with van der Waals surface area (Å²) in [6, 6.07) is 0. The molecule has 0 spiro atoms. The highest BCUT2D eigenvalue weighted by molar-refractivity contribution is 5.77. The summed E-state index contributed by atoms with van der Waals surface area (Å²) in [5, 5.41) is 0. The van der Waals surface area contributed by atoms with Gasteiger partial charge in [-0.2, -0.15) is 4.98 Å². The molecule has 2 aliphatic rings. The lowest BCUT2D eigenvalue weighted by Crippen LogP contribution is -2.31. The number of piperidine rings is 1. The van der Waals surface area contributed by atoms with Crippen LogP contribution >= 0.6 is 0 Å². The maximum atomic E-state index is 12.3. The molecular weight excluding hydrogens is 254 g/mol. The van der Waals surface area contributed by atoms with Crippen LogP contribution < -0.4 is 5.69 Å². The number of aromatic nitrogens is 2. The van der Waals surface area contributed by atoms with Crippen LogP contribution in [-0.4, -0.2) is 33.9 Å². The molecule has 1 aliphatic carbocycles. The quantitative estimate of drug-likeness (QED) is 0.901. The number of carbonyl (C=O) groups is 1. The topological polar surface area (TPSA) is 66.1 Å². The van der Waals surface area contributed by atoms with Gasteiger partial charge in [-0.05, 0) is 43.6 Å². The summed E-state index contributed by atoms with van der Waals surface area (Å²) < 4.78 is 0. The second-order valence-corrected chi connectivity index (χ2v) is 6.56. The Morgan fingerprint density at radius 2 is 2.25 bits per heavy atom. The first-order valence-corrected chi connectivity index (χ1v) is 7.23. The average Bonchev–Trinajstić information content (AvgIpc) is 2.85. The standard InChI is InChI=1S/C15H21N3O2/c1-9-12(10(2)17-14(20)16-9)4-5-13(19)18-7-11-6-15(11,3)8-18/h11H,4-8H2,1-3H3,(H,16,17,20). The number of rotatable bonds is 3. The third kappa shape index (κ3) is 2.25. The molecular formula is C15H21N3O2. The maximum Gasteiger partial charge on any atom is 0.345 e. The number of amides is 1. The van der Waals surface area contributed by atoms with Crippen molar-refractivity contribution < 1.29 is 4.79 Å². The molecule has 2 fully saturated rings. The zero-order chi connectivity index (χ0) is 14.5. The second-order valence-electron chi connectivity index (χ2n) is 6.56. The molecule has 0 radical (unpaired) electrons. The second kappa shape index (κ2) is 4.43. The van der Waals surface area contributed by atoms with Crippen molar-refractivity contribution >= 4 is 5.91 Å². The smallest absolute Gasteiger partial charge is 0.342 e. The summed E-state index contributed by atoms with van der Waals surface area (Å²) in [7, 11) is 0. The Morgan fingerprint density at radius 3 is 2.85 bits per heavy atom. The molecule has 1 aliphatic heterocycles. The third-order valence-corrected chi connectivity index (χ3v) is 4.93. The van der Waals surface area contributed by atoms with Crippen molar-refractivity contribution in [3.05, 3.63) is 27.4 Å². The molecule has 1 aromatic rings. The number of nitrogens with one attached hydrogen (secondary N) is 1. The van der Waals surface area contributed by atoms with Crippen molar-refractivity contribution in [2.75, 3.05) is 13.1 Å². The Hall–Kier alpha value is -1.65. The summed E-state index contributed by atoms with van der Waals surface area (Å²) in [5.41, 5.74) is 2.64. The summed E-state index contributed by atoms with van der Waals surface area (Å²) in [4.78, 5) is 32.1. The van der Waals surface area contributed by atoms with E-state index in [1.54, 1.807) is 0 Å². The van der Waals surface area contributed by atoms with Crippen LogP contribution in [0.15, 0.2) is 4.79 Å². The van der Waals surface area contributed by atoms with Gasteiger partial charge in [0.15, 0.2) is 0 Å². The minimum atomic E-state index is -0.317. The van der Waals surface area contributed by atoms with Crippen LogP contribution in [0.2, 0.25) is 0 Å². The van der Waals surface area contributed by atoms with Gasteiger partial charge in [-0.1, -0.05) is 6.92 Å². The number of hydrogen-bond donors (Lipinski definition) is 1. The summed E-state index contributed by atoms with van der Waals surface area (Å²) in [6.45, 7) is 7.80. The van der Waals surface area contributed by atoms with E-state index < -0.39 is 0 Å². The van der Waals surface area contributed by atoms with Crippen LogP contribution in [0.3, 0.4) is 0 Å². The van der Waals surface area contributed by atoms with Crippen LogP contribution in [0.1, 0.15) is 36.7 Å². The normalized spacial score (nSPS) is 27.6. The van der Waals surface area contributed by atoms with E-state index in [2.05, 4.69) is 16.9 Å². The highest BCUT2D eigenvalue weighted by Gasteiger charge is 2.56. The Balaban J connectivity index is 1.63. The zero-order valence-electron chi connectivity index (χ0n) is 12.3. The minimum absolute atomic E-state index is 0.225. The van der Waals surface area contributed by atoms with Gasteiger partial charge in [0.2, 0.25) is 5.91 Å². The van der Waals surface area contributed by atoms with E-state index in [1.165, 1.54) is 6.42 Å². The van der Waals surface area contributed by atoms with Gasteiger partial charge in [0, 0.05) is 30.9 Å². The molecule has 2 atom stereocenters. The van der Waals surface area contributed by atoms with Crippen molar-refractivity contribution in [3.8, 4) is 0 Å². The molecule has 5 nitrogen and oxygen atoms in total. The number of likely N-dealkylation sites (tertiary alicyclic amines) is 1. The largest absolute Gasteiger partial charge is 0.345 e. The van der Waals surface area contributed by atoms with Gasteiger partial charge in [0.25, 0.3) is 0 Å². The van der Waals surface area contributed by atoms with Crippen molar-refractivity contribution in [3.63, 3.8) is 0 Å². The summed E-state index contributed by atoms with van der Waals surface area (Å²) in [6.07, 6.45) is 2.43. The lowest BCUT2D eigenvalue weighted by atomic mass is 10.1. The van der Waals surface area contributed by atoms with Gasteiger partial charge in [-0.3, -0.25) is 4.79 Å². The fourth-order valence-corrected chi connectivity index (χ4v) is 3.45. The van der Waals surface area contributed by atoms with Gasteiger partial charge in [-0.15, -0.1) is 0 Å². The van der Waals surface area contributed by atoms with Gasteiger partial charge >= 0.3 is 5.69 Å². The van der Waals surface area contributed by atoms with Crippen LogP contribution in [0.5, 0.6) is 0 Å². The summed E-state index contributed by atoms with van der Waals surface area (Å²) >= 11 is 0. The summed E-state index contributed by atoms with van der Waals surface area (Å²) in [5.74, 6) is 0.952. The average molecular weight is 275 g/mol. The van der Waals surface area contributed by atoms with Crippen molar-refractivity contribution in [1.29, 1.82) is 0 Å². The van der Waals surface area contributed by atoms with Gasteiger partial charge in [-0.25, -0.2) is 4.79 Å². The fraction of sp³-hybridized carbons (Fsp3) is 0.667. The monoisotopic (exact) mass is 275 g/mol. The Bertz CT molecular complexity index is 596. The molecule has 1 saturated carbocycles. The number of H-pyrrole nitrogens is 1. The Labute approximate surface area is 118 Å². The molecule has 1 N–H and O–H groups in total. The number of fused-ring (bicyclic) bond motifs is 1. The van der Waals surface area contributed by atoms with Gasteiger partial charge < -0.3 is 9.88 Å². The van der Waals surface area contributed by atoms with Gasteiger partial charge in [0.1, 0.15) is 0 Å². The molecule has 2 heterocycles. The van der Waals surface area contributed by atoms with Crippen LogP contribution in [0.4, 0.5) is 0 Å². The predicted molar refractivity (Wildman–Crippen MR) is 75.4 cm³/mol. The zero-order valence-corrected chi connectivity index (χ0v) is 12.3. The molecule has 1 saturated heterocycles. The van der Waals surface area contributed by atoms with E-state index >= 15 is 0 Å². The van der Waals surface area contributed by atoms with E-state index in [0.29, 0.717) is 18.3 Å². The van der Waals surface area contributed by atoms with Crippen LogP contribution in [0, 0.1) is 25.2 Å². The first-order chi connectivity index (χ1) is 9.39. The predicted octanol–water partition coefficient (Wildman–Crippen LogP) is 1.19. The molecule has 2 unspecified atom stereocenters. The van der Waals surface area contributed by atoms with E-state index in [-0.39, 0.29) is 11.6 Å². The number of aryl methyl sites for hydroxylation is 2. The van der Waals surface area contributed by atoms with Crippen LogP contribution in [-0.2, 0) is 11.2 Å². The molecule has 0 aromatic carbocycles. The van der Waals surface area contributed by atoms with Crippen LogP contribution in [0.25, 0.3) is 0 Å². The highest BCUT2D eigenvalue weighted by atomic mass is 16.2. The lowest BCUT2D eigenvalue weighted by Gasteiger charge is -2.20. The van der Waals surface area contributed by atoms with E-state index in [9.17, 15) is 9.59 Å². The minimum Gasteiger partial charge on any atom is -0.342 e. The number of carbonyl (C=O) groups excluding carboxylic acids is 1.